The van der Waals surface area contributed by atoms with Crippen LogP contribution in [0.5, 0.6) is 0 Å². The summed E-state index contributed by atoms with van der Waals surface area (Å²) in [6.45, 7) is 1.93. The highest BCUT2D eigenvalue weighted by Gasteiger charge is 2.49. The molecule has 4 rings (SSSR count). The minimum absolute atomic E-state index is 0.0159. The van der Waals surface area contributed by atoms with E-state index in [1.165, 1.54) is 16.4 Å². The summed E-state index contributed by atoms with van der Waals surface area (Å²) in [5.74, 6) is -1.76. The molecule has 2 unspecified atom stereocenters. The molecule has 0 saturated carbocycles. The topological polar surface area (TPSA) is 116 Å². The number of carbonyl (C=O) groups excluding carboxylic acids is 3. The Kier molecular flexibility index (Phi) is 6.72. The molecule has 180 valence electrons. The zero-order valence-electron chi connectivity index (χ0n) is 18.9. The summed E-state index contributed by atoms with van der Waals surface area (Å²) in [4.78, 5) is 38.6. The number of nitrogens with one attached hydrogen (secondary N) is 2. The maximum atomic E-state index is 13.0. The number of sulfonamides is 1. The van der Waals surface area contributed by atoms with Crippen LogP contribution >= 0.6 is 0 Å². The number of hydrazine groups is 1. The SMILES string of the molecule is CC1(CCc2ccccc2)NC(=O)N(NC(=O)C2CCCN(S(=O)(=O)c3ccccc3)C2)C1=O. The van der Waals surface area contributed by atoms with Crippen molar-refractivity contribution in [3.63, 3.8) is 0 Å². The largest absolute Gasteiger partial charge is 0.344 e. The fourth-order valence-electron chi connectivity index (χ4n) is 4.31. The Morgan fingerprint density at radius 1 is 1.09 bits per heavy atom. The van der Waals surface area contributed by atoms with Gasteiger partial charge in [-0.15, -0.1) is 0 Å². The molecular formula is C24H28N4O5S. The normalized spacial score (nSPS) is 23.6. The van der Waals surface area contributed by atoms with Crippen LogP contribution in [0.3, 0.4) is 0 Å². The Hall–Kier alpha value is -3.24. The molecule has 0 aliphatic carbocycles. The molecule has 34 heavy (non-hydrogen) atoms. The van der Waals surface area contributed by atoms with Crippen LogP contribution in [0.2, 0.25) is 0 Å². The number of piperidine rings is 1. The highest BCUT2D eigenvalue weighted by molar-refractivity contribution is 7.89. The van der Waals surface area contributed by atoms with Crippen molar-refractivity contribution < 1.29 is 22.8 Å². The van der Waals surface area contributed by atoms with Crippen molar-refractivity contribution in [2.24, 2.45) is 5.92 Å². The molecule has 4 amide bonds. The van der Waals surface area contributed by atoms with E-state index in [1.807, 2.05) is 30.3 Å². The lowest BCUT2D eigenvalue weighted by molar-refractivity contribution is -0.141. The van der Waals surface area contributed by atoms with E-state index in [2.05, 4.69) is 10.7 Å². The zero-order valence-corrected chi connectivity index (χ0v) is 19.8. The minimum atomic E-state index is -3.74. The van der Waals surface area contributed by atoms with Gasteiger partial charge in [0, 0.05) is 13.1 Å². The second-order valence-electron chi connectivity index (χ2n) is 8.88. The van der Waals surface area contributed by atoms with Gasteiger partial charge in [-0.3, -0.25) is 15.0 Å². The van der Waals surface area contributed by atoms with Crippen LogP contribution in [-0.4, -0.2) is 54.2 Å². The molecule has 0 spiro atoms. The Morgan fingerprint density at radius 3 is 2.41 bits per heavy atom. The first-order valence-corrected chi connectivity index (χ1v) is 12.7. The summed E-state index contributed by atoms with van der Waals surface area (Å²) in [5.41, 5.74) is 2.32. The lowest BCUT2D eigenvalue weighted by atomic mass is 9.93. The quantitative estimate of drug-likeness (QED) is 0.584. The van der Waals surface area contributed by atoms with Gasteiger partial charge in [0.15, 0.2) is 0 Å². The third-order valence-electron chi connectivity index (χ3n) is 6.38. The molecule has 2 atom stereocenters. The van der Waals surface area contributed by atoms with Gasteiger partial charge in [0.25, 0.3) is 5.91 Å². The average Bonchev–Trinajstić information content (AvgIpc) is 3.07. The second kappa shape index (κ2) is 9.55. The van der Waals surface area contributed by atoms with Gasteiger partial charge in [0.2, 0.25) is 15.9 Å². The number of rotatable bonds is 7. The monoisotopic (exact) mass is 484 g/mol. The van der Waals surface area contributed by atoms with E-state index in [1.54, 1.807) is 25.1 Å². The van der Waals surface area contributed by atoms with Crippen LogP contribution in [0.1, 0.15) is 31.7 Å². The molecule has 2 aliphatic rings. The van der Waals surface area contributed by atoms with E-state index in [0.717, 1.165) is 10.6 Å². The van der Waals surface area contributed by atoms with Crippen LogP contribution in [0.25, 0.3) is 0 Å². The van der Waals surface area contributed by atoms with Gasteiger partial charge in [0.1, 0.15) is 5.54 Å². The first-order chi connectivity index (χ1) is 16.2. The van der Waals surface area contributed by atoms with E-state index in [0.29, 0.717) is 32.2 Å². The lowest BCUT2D eigenvalue weighted by Gasteiger charge is -2.31. The number of carbonyl (C=O) groups is 3. The van der Waals surface area contributed by atoms with Crippen LogP contribution in [0.4, 0.5) is 4.79 Å². The summed E-state index contributed by atoms with van der Waals surface area (Å²) >= 11 is 0. The van der Waals surface area contributed by atoms with Crippen molar-refractivity contribution in [2.75, 3.05) is 13.1 Å². The number of amides is 4. The van der Waals surface area contributed by atoms with Crippen LogP contribution in [0.15, 0.2) is 65.6 Å². The highest BCUT2D eigenvalue weighted by atomic mass is 32.2. The molecule has 2 aromatic rings. The second-order valence-corrected chi connectivity index (χ2v) is 10.8. The molecule has 0 bridgehead atoms. The zero-order chi connectivity index (χ0) is 24.3. The first kappa shape index (κ1) is 23.9. The number of benzene rings is 2. The number of hydrogen-bond donors (Lipinski definition) is 2. The van der Waals surface area contributed by atoms with Crippen molar-refractivity contribution >= 4 is 27.9 Å². The maximum Gasteiger partial charge on any atom is 0.344 e. The van der Waals surface area contributed by atoms with Gasteiger partial charge in [0.05, 0.1) is 10.8 Å². The Labute approximate surface area is 199 Å². The van der Waals surface area contributed by atoms with Gasteiger partial charge in [-0.1, -0.05) is 48.5 Å². The van der Waals surface area contributed by atoms with E-state index in [4.69, 9.17) is 0 Å². The molecule has 10 heteroatoms. The molecule has 2 fully saturated rings. The van der Waals surface area contributed by atoms with Crippen LogP contribution in [0, 0.1) is 5.92 Å². The predicted molar refractivity (Wildman–Crippen MR) is 125 cm³/mol. The smallest absolute Gasteiger partial charge is 0.322 e. The van der Waals surface area contributed by atoms with Crippen molar-refractivity contribution in [3.05, 3.63) is 66.2 Å². The van der Waals surface area contributed by atoms with Gasteiger partial charge in [-0.05, 0) is 50.3 Å². The molecular weight excluding hydrogens is 456 g/mol. The third kappa shape index (κ3) is 4.83. The predicted octanol–water partition coefficient (Wildman–Crippen LogP) is 2.06. The van der Waals surface area contributed by atoms with Gasteiger partial charge in [-0.25, -0.2) is 13.2 Å². The van der Waals surface area contributed by atoms with E-state index in [-0.39, 0.29) is 11.4 Å². The van der Waals surface area contributed by atoms with Crippen LogP contribution < -0.4 is 10.7 Å². The molecule has 0 aromatic heterocycles. The summed E-state index contributed by atoms with van der Waals surface area (Å²) in [7, 11) is -3.74. The molecule has 9 nitrogen and oxygen atoms in total. The summed E-state index contributed by atoms with van der Waals surface area (Å²) in [5, 5.41) is 3.40. The minimum Gasteiger partial charge on any atom is -0.322 e. The maximum absolute atomic E-state index is 13.0. The third-order valence-corrected chi connectivity index (χ3v) is 8.25. The standard InChI is InChI=1S/C24H28N4O5S/c1-24(15-14-18-9-4-2-5-10-18)22(30)28(23(31)25-24)26-21(29)19-11-8-16-27(17-19)34(32,33)20-12-6-3-7-13-20/h2-7,9-10,12-13,19H,8,11,14-17H2,1H3,(H,25,31)(H,26,29). The number of urea groups is 1. The Morgan fingerprint density at radius 2 is 1.74 bits per heavy atom. The highest BCUT2D eigenvalue weighted by Crippen LogP contribution is 2.25. The Balaban J connectivity index is 1.40. The van der Waals surface area contributed by atoms with Crippen molar-refractivity contribution in [1.82, 2.24) is 20.1 Å². The lowest BCUT2D eigenvalue weighted by Crippen LogP contribution is -2.53. The summed E-state index contributed by atoms with van der Waals surface area (Å²) < 4.78 is 27.2. The van der Waals surface area contributed by atoms with Crippen molar-refractivity contribution in [1.29, 1.82) is 0 Å². The number of imide groups is 1. The van der Waals surface area contributed by atoms with Crippen molar-refractivity contribution in [3.8, 4) is 0 Å². The Bertz CT molecular complexity index is 1170. The molecule has 2 aromatic carbocycles. The summed E-state index contributed by atoms with van der Waals surface area (Å²) in [6.07, 6.45) is 1.92. The molecule has 2 N–H and O–H groups in total. The summed E-state index contributed by atoms with van der Waals surface area (Å²) in [6, 6.07) is 17.0. The first-order valence-electron chi connectivity index (χ1n) is 11.3. The fraction of sp³-hybridized carbons (Fsp3) is 0.375. The van der Waals surface area contributed by atoms with Gasteiger partial charge in [-0.2, -0.15) is 9.31 Å². The number of aryl methyl sites for hydroxylation is 1. The van der Waals surface area contributed by atoms with Crippen molar-refractivity contribution in [2.45, 2.75) is 43.0 Å². The molecule has 2 heterocycles. The van der Waals surface area contributed by atoms with Crippen LogP contribution in [-0.2, 0) is 26.0 Å². The fourth-order valence-corrected chi connectivity index (χ4v) is 5.86. The van der Waals surface area contributed by atoms with E-state index >= 15 is 0 Å². The van der Waals surface area contributed by atoms with E-state index in [9.17, 15) is 22.8 Å². The molecule has 0 radical (unpaired) electrons. The number of nitrogens with zero attached hydrogens (tertiary/aromatic N) is 2. The number of hydrogen-bond acceptors (Lipinski definition) is 5. The molecule has 2 saturated heterocycles. The van der Waals surface area contributed by atoms with Gasteiger partial charge >= 0.3 is 6.03 Å². The molecule has 2 aliphatic heterocycles. The average molecular weight is 485 g/mol. The van der Waals surface area contributed by atoms with E-state index < -0.39 is 39.3 Å². The van der Waals surface area contributed by atoms with Gasteiger partial charge < -0.3 is 5.32 Å².